The van der Waals surface area contributed by atoms with E-state index in [0.717, 1.165) is 13.1 Å². The number of alkyl halides is 3. The van der Waals surface area contributed by atoms with Gasteiger partial charge in [-0.2, -0.15) is 13.2 Å². The summed E-state index contributed by atoms with van der Waals surface area (Å²) in [5, 5.41) is -0.0345. The average molecular weight is 379 g/mol. The van der Waals surface area contributed by atoms with Crippen molar-refractivity contribution in [1.29, 1.82) is 0 Å². The molecule has 0 amide bonds. The number of ether oxygens (including phenoxy) is 1. The molecule has 2 heterocycles. The lowest BCUT2D eigenvalue weighted by Crippen LogP contribution is -2.41. The van der Waals surface area contributed by atoms with Crippen LogP contribution >= 0.6 is 11.6 Å². The second-order valence-corrected chi connectivity index (χ2v) is 5.90. The molecule has 3 rings (SSSR count). The fourth-order valence-electron chi connectivity index (χ4n) is 2.80. The highest BCUT2D eigenvalue weighted by atomic mass is 35.5. The van der Waals surface area contributed by atoms with Gasteiger partial charge in [-0.05, 0) is 18.9 Å². The topological polar surface area (TPSA) is 53.2 Å². The van der Waals surface area contributed by atoms with Crippen molar-refractivity contribution in [2.75, 3.05) is 6.61 Å². The molecular formula is C15H11ClF4N2O3. The first-order valence-corrected chi connectivity index (χ1v) is 7.55. The third kappa shape index (κ3) is 2.82. The Balaban J connectivity index is 2.38. The number of nitrogens with zero attached hydrogens (tertiary/aromatic N) is 2. The Bertz CT molecular complexity index is 979. The van der Waals surface area contributed by atoms with Crippen molar-refractivity contribution in [3.8, 4) is 11.4 Å². The molecule has 0 bridgehead atoms. The molecule has 0 atom stereocenters. The van der Waals surface area contributed by atoms with E-state index < -0.39 is 34.6 Å². The summed E-state index contributed by atoms with van der Waals surface area (Å²) < 4.78 is 59.2. The maximum atomic E-state index is 14.5. The van der Waals surface area contributed by atoms with E-state index in [4.69, 9.17) is 16.3 Å². The van der Waals surface area contributed by atoms with Gasteiger partial charge in [0.05, 0.1) is 17.3 Å². The Kier molecular flexibility index (Phi) is 4.14. The zero-order valence-corrected chi connectivity index (χ0v) is 13.5. The Hall–Kier alpha value is -2.29. The molecule has 10 heteroatoms. The minimum Gasteiger partial charge on any atom is -0.492 e. The van der Waals surface area contributed by atoms with E-state index in [1.54, 1.807) is 0 Å². The highest BCUT2D eigenvalue weighted by molar-refractivity contribution is 6.32. The summed E-state index contributed by atoms with van der Waals surface area (Å²) in [5.41, 5.74) is -4.27. The molecule has 0 saturated carbocycles. The molecular weight excluding hydrogens is 368 g/mol. The number of benzene rings is 1. The van der Waals surface area contributed by atoms with Gasteiger partial charge < -0.3 is 4.74 Å². The first-order chi connectivity index (χ1) is 11.6. The quantitative estimate of drug-likeness (QED) is 0.717. The highest BCUT2D eigenvalue weighted by Crippen LogP contribution is 2.38. The minimum atomic E-state index is -4.90. The lowest BCUT2D eigenvalue weighted by atomic mass is 10.0. The Morgan fingerprint density at radius 2 is 1.92 bits per heavy atom. The molecule has 1 aliphatic rings. The van der Waals surface area contributed by atoms with Crippen molar-refractivity contribution in [1.82, 2.24) is 9.13 Å². The lowest BCUT2D eigenvalue weighted by molar-refractivity contribution is -0.144. The van der Waals surface area contributed by atoms with E-state index in [2.05, 4.69) is 0 Å². The molecule has 2 aromatic rings. The SMILES string of the molecule is Cn1c(C(F)(F)F)cc(=O)n(-c2c(F)cc(Cl)c3c2CCCO3)c1=O. The number of hydrogen-bond donors (Lipinski definition) is 0. The third-order valence-corrected chi connectivity index (χ3v) is 4.19. The Labute approximate surface area is 143 Å². The number of rotatable bonds is 1. The van der Waals surface area contributed by atoms with Gasteiger partial charge in [-0.25, -0.2) is 13.8 Å². The number of halogens is 5. The maximum Gasteiger partial charge on any atom is 0.431 e. The summed E-state index contributed by atoms with van der Waals surface area (Å²) in [4.78, 5) is 24.6. The van der Waals surface area contributed by atoms with Gasteiger partial charge in [-0.15, -0.1) is 0 Å². The molecule has 0 N–H and O–H groups in total. The van der Waals surface area contributed by atoms with Crippen molar-refractivity contribution in [2.24, 2.45) is 7.05 Å². The number of fused-ring (bicyclic) bond motifs is 1. The Morgan fingerprint density at radius 1 is 1.24 bits per heavy atom. The van der Waals surface area contributed by atoms with Crippen molar-refractivity contribution < 1.29 is 22.3 Å². The molecule has 0 unspecified atom stereocenters. The summed E-state index contributed by atoms with van der Waals surface area (Å²) >= 11 is 5.92. The van der Waals surface area contributed by atoms with Crippen molar-refractivity contribution >= 4 is 11.6 Å². The Morgan fingerprint density at radius 3 is 2.56 bits per heavy atom. The van der Waals surface area contributed by atoms with E-state index in [1.807, 2.05) is 0 Å². The fourth-order valence-corrected chi connectivity index (χ4v) is 3.06. The van der Waals surface area contributed by atoms with Gasteiger partial charge in [0.2, 0.25) is 0 Å². The van der Waals surface area contributed by atoms with Crippen molar-refractivity contribution in [2.45, 2.75) is 19.0 Å². The molecule has 1 aromatic carbocycles. The molecule has 0 spiro atoms. The van der Waals surface area contributed by atoms with Crippen LogP contribution in [0.1, 0.15) is 17.7 Å². The van der Waals surface area contributed by atoms with Crippen LogP contribution in [0.5, 0.6) is 5.75 Å². The first-order valence-electron chi connectivity index (χ1n) is 7.17. The molecule has 134 valence electrons. The average Bonchev–Trinajstić information content (AvgIpc) is 2.53. The van der Waals surface area contributed by atoms with Gasteiger partial charge in [-0.3, -0.25) is 9.36 Å². The van der Waals surface area contributed by atoms with Crippen LogP contribution in [-0.2, 0) is 19.6 Å². The van der Waals surface area contributed by atoms with Crippen LogP contribution in [0.15, 0.2) is 21.7 Å². The minimum absolute atomic E-state index is 0.0345. The van der Waals surface area contributed by atoms with Gasteiger partial charge in [-0.1, -0.05) is 11.6 Å². The lowest BCUT2D eigenvalue weighted by Gasteiger charge is -2.23. The summed E-state index contributed by atoms with van der Waals surface area (Å²) in [6.07, 6.45) is -4.15. The van der Waals surface area contributed by atoms with E-state index >= 15 is 0 Å². The van der Waals surface area contributed by atoms with Crippen LogP contribution in [0.3, 0.4) is 0 Å². The third-order valence-electron chi connectivity index (χ3n) is 3.91. The molecule has 5 nitrogen and oxygen atoms in total. The largest absolute Gasteiger partial charge is 0.492 e. The van der Waals surface area contributed by atoms with Gasteiger partial charge in [0, 0.05) is 18.7 Å². The van der Waals surface area contributed by atoms with Crippen LogP contribution < -0.4 is 16.0 Å². The van der Waals surface area contributed by atoms with E-state index in [0.29, 0.717) is 17.6 Å². The molecule has 1 aromatic heterocycles. The number of hydrogen-bond acceptors (Lipinski definition) is 3. The standard InChI is InChI=1S/C15H11ClF4N2O3/c1-21-10(15(18,19)20)6-11(23)22(14(21)24)12-7-3-2-4-25-13(7)8(16)5-9(12)17/h5-6H,2-4H2,1H3. The second-order valence-electron chi connectivity index (χ2n) is 5.49. The van der Waals surface area contributed by atoms with Crippen LogP contribution in [0.4, 0.5) is 17.6 Å². The smallest absolute Gasteiger partial charge is 0.431 e. The van der Waals surface area contributed by atoms with Crippen LogP contribution in [0.2, 0.25) is 5.02 Å². The first kappa shape index (κ1) is 17.5. The van der Waals surface area contributed by atoms with E-state index in [1.165, 1.54) is 0 Å². The summed E-state index contributed by atoms with van der Waals surface area (Å²) in [7, 11) is 0.859. The van der Waals surface area contributed by atoms with Gasteiger partial charge in [0.25, 0.3) is 5.56 Å². The second kappa shape index (κ2) is 5.91. The predicted molar refractivity (Wildman–Crippen MR) is 81.1 cm³/mol. The van der Waals surface area contributed by atoms with Crippen LogP contribution in [-0.4, -0.2) is 15.7 Å². The van der Waals surface area contributed by atoms with Gasteiger partial charge in [0.15, 0.2) is 0 Å². The van der Waals surface area contributed by atoms with Crippen molar-refractivity contribution in [3.63, 3.8) is 0 Å². The molecule has 0 aliphatic carbocycles. The van der Waals surface area contributed by atoms with Crippen LogP contribution in [0.25, 0.3) is 5.69 Å². The summed E-state index contributed by atoms with van der Waals surface area (Å²) in [5.74, 6) is -0.869. The fraction of sp³-hybridized carbons (Fsp3) is 0.333. The zero-order chi connectivity index (χ0) is 18.5. The van der Waals surface area contributed by atoms with E-state index in [9.17, 15) is 27.2 Å². The highest BCUT2D eigenvalue weighted by Gasteiger charge is 2.35. The molecule has 25 heavy (non-hydrogen) atoms. The molecule has 0 saturated heterocycles. The molecule has 0 radical (unpaired) electrons. The molecule has 0 fully saturated rings. The van der Waals surface area contributed by atoms with E-state index in [-0.39, 0.29) is 33.4 Å². The predicted octanol–water partition coefficient (Wildman–Crippen LogP) is 2.67. The molecule has 1 aliphatic heterocycles. The summed E-state index contributed by atoms with van der Waals surface area (Å²) in [6, 6.07) is 1.12. The van der Waals surface area contributed by atoms with Gasteiger partial charge in [0.1, 0.15) is 17.3 Å². The van der Waals surface area contributed by atoms with Crippen LogP contribution in [0, 0.1) is 5.82 Å². The van der Waals surface area contributed by atoms with Gasteiger partial charge >= 0.3 is 11.9 Å². The monoisotopic (exact) mass is 378 g/mol. The zero-order valence-electron chi connectivity index (χ0n) is 12.8. The number of aromatic nitrogens is 2. The maximum absolute atomic E-state index is 14.5. The van der Waals surface area contributed by atoms with Crippen molar-refractivity contribution in [3.05, 3.63) is 55.1 Å². The normalized spacial score (nSPS) is 14.2. The summed E-state index contributed by atoms with van der Waals surface area (Å²) in [6.45, 7) is 0.317.